The Morgan fingerprint density at radius 2 is 2.25 bits per heavy atom. The summed E-state index contributed by atoms with van der Waals surface area (Å²) in [5.41, 5.74) is 4.88. The highest BCUT2D eigenvalue weighted by atomic mass is 16.5. The van der Waals surface area contributed by atoms with Crippen LogP contribution in [0.4, 0.5) is 0 Å². The lowest BCUT2D eigenvalue weighted by molar-refractivity contribution is 0.0971. The third-order valence-electron chi connectivity index (χ3n) is 0.835. The quantitative estimate of drug-likeness (QED) is 0.518. The first-order chi connectivity index (χ1) is 3.62. The van der Waals surface area contributed by atoms with Gasteiger partial charge in [0, 0.05) is 7.11 Å². The highest BCUT2D eigenvalue weighted by molar-refractivity contribution is 4.75. The molecule has 0 amide bonds. The average molecular weight is 119 g/mol. The predicted molar refractivity (Wildman–Crippen MR) is 31.6 cm³/mol. The molecule has 0 saturated heterocycles. The van der Waals surface area contributed by atoms with Crippen LogP contribution in [0.25, 0.3) is 0 Å². The van der Waals surface area contributed by atoms with Gasteiger partial charge in [-0.25, -0.2) is 0 Å². The van der Waals surface area contributed by atoms with Gasteiger partial charge in [-0.1, -0.05) is 0 Å². The second-order valence-corrected chi connectivity index (χ2v) is 2.25. The molecule has 0 spiro atoms. The van der Waals surface area contributed by atoms with Gasteiger partial charge in [-0.3, -0.25) is 0 Å². The molecule has 0 aromatic carbocycles. The van der Waals surface area contributed by atoms with Crippen molar-refractivity contribution in [1.82, 2.24) is 0 Å². The molecule has 0 aromatic rings. The van der Waals surface area contributed by atoms with E-state index in [1.165, 1.54) is 0 Å². The highest BCUT2D eigenvalue weighted by Gasteiger charge is 2.15. The molecular weight excluding hydrogens is 106 g/mol. The zero-order valence-corrected chi connectivity index (χ0v) is 5.35. The number of hydrogen-bond donors (Lipinski definition) is 2. The molecule has 0 heterocycles. The fourth-order valence-electron chi connectivity index (χ4n) is 0.375. The summed E-state index contributed by atoms with van der Waals surface area (Å²) in [6.07, 6.45) is 0. The lowest BCUT2D eigenvalue weighted by Gasteiger charge is -2.19. The largest absolute Gasteiger partial charge is 0.394 e. The first-order valence-corrected chi connectivity index (χ1v) is 2.51. The maximum atomic E-state index is 8.52. The van der Waals surface area contributed by atoms with Gasteiger partial charge in [-0.05, 0) is 6.92 Å². The Morgan fingerprint density at radius 3 is 2.38 bits per heavy atom. The molecule has 0 saturated carbocycles. The van der Waals surface area contributed by atoms with Crippen LogP contribution in [0, 0.1) is 0 Å². The number of aliphatic hydroxyl groups excluding tert-OH is 1. The van der Waals surface area contributed by atoms with Crippen molar-refractivity contribution < 1.29 is 9.84 Å². The van der Waals surface area contributed by atoms with Gasteiger partial charge < -0.3 is 15.6 Å². The number of hydrogen-bond acceptors (Lipinski definition) is 3. The zero-order valence-electron chi connectivity index (χ0n) is 5.35. The minimum atomic E-state index is -0.575. The van der Waals surface area contributed by atoms with Gasteiger partial charge in [0.1, 0.15) is 0 Å². The Kier molecular flexibility index (Phi) is 2.97. The van der Waals surface area contributed by atoms with Gasteiger partial charge in [0.05, 0.1) is 18.8 Å². The standard InChI is InChI=1S/C5H13NO2/c1-5(6,3-7)4-8-2/h7H,3-4,6H2,1-2H3/t5-/m1/s1. The minimum absolute atomic E-state index is 0.0408. The molecular formula is C5H13NO2. The number of nitrogens with two attached hydrogens (primary N) is 1. The molecule has 3 N–H and O–H groups in total. The van der Waals surface area contributed by atoms with Gasteiger partial charge in [-0.15, -0.1) is 0 Å². The van der Waals surface area contributed by atoms with Crippen LogP contribution in [-0.4, -0.2) is 31.0 Å². The van der Waals surface area contributed by atoms with E-state index >= 15 is 0 Å². The van der Waals surface area contributed by atoms with E-state index in [0.29, 0.717) is 6.61 Å². The molecule has 0 bridgehead atoms. The average Bonchev–Trinajstić information content (AvgIpc) is 1.67. The van der Waals surface area contributed by atoms with Crippen LogP contribution >= 0.6 is 0 Å². The molecule has 0 rings (SSSR count). The van der Waals surface area contributed by atoms with E-state index in [-0.39, 0.29) is 6.61 Å². The number of rotatable bonds is 3. The van der Waals surface area contributed by atoms with E-state index in [9.17, 15) is 0 Å². The summed E-state index contributed by atoms with van der Waals surface area (Å²) in [6, 6.07) is 0. The first kappa shape index (κ1) is 7.88. The third-order valence-corrected chi connectivity index (χ3v) is 0.835. The van der Waals surface area contributed by atoms with Crippen molar-refractivity contribution in [3.63, 3.8) is 0 Å². The Hall–Kier alpha value is -0.120. The van der Waals surface area contributed by atoms with Crippen LogP contribution in [0.1, 0.15) is 6.92 Å². The number of aliphatic hydroxyl groups is 1. The maximum Gasteiger partial charge on any atom is 0.0662 e. The molecule has 3 nitrogen and oxygen atoms in total. The fraction of sp³-hybridized carbons (Fsp3) is 1.00. The summed E-state index contributed by atoms with van der Waals surface area (Å²) in [5.74, 6) is 0. The summed E-state index contributed by atoms with van der Waals surface area (Å²) in [6.45, 7) is 2.08. The highest BCUT2D eigenvalue weighted by Crippen LogP contribution is 1.95. The van der Waals surface area contributed by atoms with Crippen LogP contribution in [0.2, 0.25) is 0 Å². The summed E-state index contributed by atoms with van der Waals surface area (Å²) < 4.78 is 4.71. The normalized spacial score (nSPS) is 18.0. The molecule has 3 heteroatoms. The SMILES string of the molecule is COC[C@](C)(N)CO. The Morgan fingerprint density at radius 1 is 1.75 bits per heavy atom. The van der Waals surface area contributed by atoms with Crippen LogP contribution in [0.5, 0.6) is 0 Å². The lowest BCUT2D eigenvalue weighted by Crippen LogP contribution is -2.44. The van der Waals surface area contributed by atoms with E-state index < -0.39 is 5.54 Å². The fourth-order valence-corrected chi connectivity index (χ4v) is 0.375. The molecule has 1 atom stereocenters. The van der Waals surface area contributed by atoms with Crippen LogP contribution < -0.4 is 5.73 Å². The Balaban J connectivity index is 3.37. The zero-order chi connectivity index (χ0) is 6.62. The van der Waals surface area contributed by atoms with Gasteiger partial charge in [-0.2, -0.15) is 0 Å². The van der Waals surface area contributed by atoms with Crippen LogP contribution in [-0.2, 0) is 4.74 Å². The monoisotopic (exact) mass is 119 g/mol. The predicted octanol–water partition coefficient (Wildman–Crippen LogP) is -0.657. The van der Waals surface area contributed by atoms with Gasteiger partial charge in [0.25, 0.3) is 0 Å². The van der Waals surface area contributed by atoms with Crippen molar-refractivity contribution in [1.29, 1.82) is 0 Å². The van der Waals surface area contributed by atoms with Gasteiger partial charge in [0.2, 0.25) is 0 Å². The summed E-state index contributed by atoms with van der Waals surface area (Å²) >= 11 is 0. The van der Waals surface area contributed by atoms with Crippen molar-refractivity contribution >= 4 is 0 Å². The van der Waals surface area contributed by atoms with E-state index in [1.54, 1.807) is 14.0 Å². The molecule has 0 radical (unpaired) electrons. The third kappa shape index (κ3) is 2.96. The van der Waals surface area contributed by atoms with E-state index in [4.69, 9.17) is 15.6 Å². The van der Waals surface area contributed by atoms with Crippen molar-refractivity contribution in [2.45, 2.75) is 12.5 Å². The van der Waals surface area contributed by atoms with E-state index in [1.807, 2.05) is 0 Å². The Bertz CT molecular complexity index is 63.4. The molecule has 0 unspecified atom stereocenters. The molecule has 50 valence electrons. The molecule has 0 aliphatic heterocycles. The molecule has 0 aliphatic carbocycles. The summed E-state index contributed by atoms with van der Waals surface area (Å²) in [5, 5.41) is 8.52. The van der Waals surface area contributed by atoms with Gasteiger partial charge >= 0.3 is 0 Å². The molecule has 0 aliphatic rings. The topological polar surface area (TPSA) is 55.5 Å². The maximum absolute atomic E-state index is 8.52. The summed E-state index contributed by atoms with van der Waals surface area (Å²) in [7, 11) is 1.56. The van der Waals surface area contributed by atoms with E-state index in [2.05, 4.69) is 0 Å². The molecule has 0 aromatic heterocycles. The van der Waals surface area contributed by atoms with Crippen molar-refractivity contribution in [3.05, 3.63) is 0 Å². The molecule has 8 heavy (non-hydrogen) atoms. The minimum Gasteiger partial charge on any atom is -0.394 e. The number of methoxy groups -OCH3 is 1. The second-order valence-electron chi connectivity index (χ2n) is 2.25. The van der Waals surface area contributed by atoms with Crippen LogP contribution in [0.15, 0.2) is 0 Å². The Labute approximate surface area is 49.4 Å². The van der Waals surface area contributed by atoms with E-state index in [0.717, 1.165) is 0 Å². The lowest BCUT2D eigenvalue weighted by atomic mass is 10.1. The number of ether oxygens (including phenoxy) is 1. The smallest absolute Gasteiger partial charge is 0.0662 e. The van der Waals surface area contributed by atoms with Crippen LogP contribution in [0.3, 0.4) is 0 Å². The van der Waals surface area contributed by atoms with Crippen molar-refractivity contribution in [2.24, 2.45) is 5.73 Å². The van der Waals surface area contributed by atoms with Crippen molar-refractivity contribution in [2.75, 3.05) is 20.3 Å². The summed E-state index contributed by atoms with van der Waals surface area (Å²) in [4.78, 5) is 0. The van der Waals surface area contributed by atoms with Gasteiger partial charge in [0.15, 0.2) is 0 Å². The second kappa shape index (κ2) is 3.02. The first-order valence-electron chi connectivity index (χ1n) is 2.51. The molecule has 0 fully saturated rings. The van der Waals surface area contributed by atoms with Crippen molar-refractivity contribution in [3.8, 4) is 0 Å².